The molecule has 2 amide bonds. The fraction of sp³-hybridized carbons (Fsp3) is 0.789. The normalized spacial score (nSPS) is 39.6. The van der Waals surface area contributed by atoms with Gasteiger partial charge in [0, 0.05) is 26.2 Å². The first-order valence-corrected chi connectivity index (χ1v) is 9.93. The number of rotatable bonds is 4. The van der Waals surface area contributed by atoms with Gasteiger partial charge >= 0.3 is 0 Å². The molecule has 5 aliphatic rings. The lowest BCUT2D eigenvalue weighted by Crippen LogP contribution is -2.57. The van der Waals surface area contributed by atoms with Crippen LogP contribution >= 0.6 is 0 Å². The number of aliphatic hydroxyl groups excluding tert-OH is 1. The van der Waals surface area contributed by atoms with E-state index in [1.807, 2.05) is 17.1 Å². The largest absolute Gasteiger partial charge is 0.389 e. The van der Waals surface area contributed by atoms with Gasteiger partial charge < -0.3 is 24.5 Å². The number of hydrogen-bond donors (Lipinski definition) is 1. The van der Waals surface area contributed by atoms with Crippen LogP contribution in [0.1, 0.15) is 19.3 Å². The highest BCUT2D eigenvalue weighted by molar-refractivity contribution is 5.93. The topological polar surface area (TPSA) is 73.3 Å². The van der Waals surface area contributed by atoms with E-state index in [0.29, 0.717) is 26.2 Å². The predicted molar refractivity (Wildman–Crippen MR) is 93.2 cm³/mol. The third-order valence-electron chi connectivity index (χ3n) is 6.77. The van der Waals surface area contributed by atoms with Gasteiger partial charge in [-0.1, -0.05) is 18.6 Å². The van der Waals surface area contributed by atoms with E-state index in [1.54, 1.807) is 4.90 Å². The third kappa shape index (κ3) is 2.44. The van der Waals surface area contributed by atoms with E-state index in [1.165, 1.54) is 19.3 Å². The van der Waals surface area contributed by atoms with Crippen molar-refractivity contribution in [3.8, 4) is 0 Å². The number of carbonyl (C=O) groups excluding carboxylic acids is 2. The molecule has 5 rings (SSSR count). The highest BCUT2D eigenvalue weighted by Gasteiger charge is 2.67. The Morgan fingerprint density at radius 1 is 1.23 bits per heavy atom. The summed E-state index contributed by atoms with van der Waals surface area (Å²) in [4.78, 5) is 32.0. The zero-order valence-electron chi connectivity index (χ0n) is 15.0. The summed E-state index contributed by atoms with van der Waals surface area (Å²) in [7, 11) is 0. The Hall–Kier alpha value is -1.44. The Morgan fingerprint density at radius 2 is 2.00 bits per heavy atom. The summed E-state index contributed by atoms with van der Waals surface area (Å²) in [5.74, 6) is -0.805. The lowest BCUT2D eigenvalue weighted by Gasteiger charge is -2.39. The Labute approximate surface area is 153 Å². The lowest BCUT2D eigenvalue weighted by atomic mass is 9.76. The van der Waals surface area contributed by atoms with E-state index in [4.69, 9.17) is 4.74 Å². The summed E-state index contributed by atoms with van der Waals surface area (Å²) >= 11 is 0. The van der Waals surface area contributed by atoms with Gasteiger partial charge in [-0.05, 0) is 25.9 Å². The summed E-state index contributed by atoms with van der Waals surface area (Å²) in [6.45, 7) is 5.16. The molecule has 26 heavy (non-hydrogen) atoms. The molecule has 1 spiro atoms. The van der Waals surface area contributed by atoms with Gasteiger partial charge in [-0.25, -0.2) is 0 Å². The molecular weight excluding hydrogens is 334 g/mol. The Balaban J connectivity index is 1.28. The van der Waals surface area contributed by atoms with Crippen molar-refractivity contribution in [2.75, 3.05) is 45.8 Å². The van der Waals surface area contributed by atoms with Crippen LogP contribution < -0.4 is 0 Å². The molecule has 1 N–H and O–H groups in total. The lowest BCUT2D eigenvalue weighted by molar-refractivity contribution is -0.151. The molecule has 0 aromatic rings. The molecule has 142 valence electrons. The van der Waals surface area contributed by atoms with Gasteiger partial charge in [-0.3, -0.25) is 9.59 Å². The van der Waals surface area contributed by atoms with E-state index in [2.05, 4.69) is 4.90 Å². The Morgan fingerprint density at radius 3 is 2.73 bits per heavy atom. The van der Waals surface area contributed by atoms with Crippen molar-refractivity contribution in [2.24, 2.45) is 11.8 Å². The van der Waals surface area contributed by atoms with Crippen molar-refractivity contribution in [2.45, 2.75) is 37.1 Å². The molecule has 0 radical (unpaired) electrons. The van der Waals surface area contributed by atoms with Gasteiger partial charge in [0.1, 0.15) is 5.60 Å². The molecule has 5 aliphatic heterocycles. The number of piperidine rings is 1. The van der Waals surface area contributed by atoms with E-state index in [0.717, 1.165) is 19.6 Å². The summed E-state index contributed by atoms with van der Waals surface area (Å²) in [6, 6.07) is 0. The summed E-state index contributed by atoms with van der Waals surface area (Å²) < 4.78 is 6.16. The van der Waals surface area contributed by atoms with E-state index in [-0.39, 0.29) is 17.9 Å². The number of likely N-dealkylation sites (tertiary alicyclic amines) is 3. The quantitative estimate of drug-likeness (QED) is 0.681. The molecule has 0 saturated carbocycles. The second-order valence-electron chi connectivity index (χ2n) is 8.46. The van der Waals surface area contributed by atoms with Gasteiger partial charge in [-0.2, -0.15) is 0 Å². The highest BCUT2D eigenvalue weighted by Crippen LogP contribution is 2.52. The van der Waals surface area contributed by atoms with Crippen molar-refractivity contribution >= 4 is 11.8 Å². The van der Waals surface area contributed by atoms with Crippen LogP contribution in [0.15, 0.2) is 12.2 Å². The van der Waals surface area contributed by atoms with Crippen molar-refractivity contribution < 1.29 is 19.4 Å². The highest BCUT2D eigenvalue weighted by atomic mass is 16.5. The van der Waals surface area contributed by atoms with Gasteiger partial charge in [0.2, 0.25) is 11.8 Å². The number of carbonyl (C=O) groups is 2. The van der Waals surface area contributed by atoms with Crippen LogP contribution in [0.5, 0.6) is 0 Å². The molecule has 0 aromatic carbocycles. The molecule has 4 fully saturated rings. The fourth-order valence-electron chi connectivity index (χ4n) is 5.34. The second-order valence-corrected chi connectivity index (χ2v) is 8.46. The van der Waals surface area contributed by atoms with Crippen LogP contribution in [0.2, 0.25) is 0 Å². The monoisotopic (exact) mass is 361 g/mol. The minimum atomic E-state index is -0.618. The maximum absolute atomic E-state index is 13.1. The number of fused-ring (bicyclic) bond motifs is 1. The van der Waals surface area contributed by atoms with E-state index in [9.17, 15) is 14.7 Å². The van der Waals surface area contributed by atoms with Crippen molar-refractivity contribution in [1.29, 1.82) is 0 Å². The van der Waals surface area contributed by atoms with Crippen molar-refractivity contribution in [1.82, 2.24) is 14.7 Å². The molecule has 4 saturated heterocycles. The van der Waals surface area contributed by atoms with Crippen molar-refractivity contribution in [3.63, 3.8) is 0 Å². The molecule has 7 nitrogen and oxygen atoms in total. The summed E-state index contributed by atoms with van der Waals surface area (Å²) in [5.41, 5.74) is -0.618. The smallest absolute Gasteiger partial charge is 0.230 e. The summed E-state index contributed by atoms with van der Waals surface area (Å²) in [6.07, 6.45) is 7.03. The number of nitrogens with zero attached hydrogens (tertiary/aromatic N) is 3. The maximum atomic E-state index is 13.1. The molecule has 2 bridgehead atoms. The van der Waals surface area contributed by atoms with E-state index < -0.39 is 23.5 Å². The Kier molecular flexibility index (Phi) is 3.88. The van der Waals surface area contributed by atoms with Crippen LogP contribution in [0.4, 0.5) is 0 Å². The molecule has 0 aliphatic carbocycles. The van der Waals surface area contributed by atoms with Crippen LogP contribution in [-0.2, 0) is 14.3 Å². The molecule has 0 unspecified atom stereocenters. The number of amides is 2. The number of β-amino-alcohol motifs (C(OH)–C–C–N with tert-alkyl or cyclic N) is 1. The molecule has 7 heteroatoms. The van der Waals surface area contributed by atoms with Crippen LogP contribution in [-0.4, -0.2) is 95.2 Å². The molecule has 4 atom stereocenters. The number of ether oxygens (including phenoxy) is 1. The standard InChI is InChI=1S/C19H27N3O4/c23-13-10-22(11-13)17(24)15-14-4-5-19(26-14)12-21(18(25)16(15)19)9-8-20-6-2-1-3-7-20/h4-5,13-16,23H,1-3,6-12H2/t14-,15+,16+,19-/m0/s1. The van der Waals surface area contributed by atoms with Gasteiger partial charge in [0.05, 0.1) is 30.6 Å². The van der Waals surface area contributed by atoms with Crippen LogP contribution in [0, 0.1) is 11.8 Å². The molecule has 5 heterocycles. The van der Waals surface area contributed by atoms with Gasteiger partial charge in [0.15, 0.2) is 0 Å². The van der Waals surface area contributed by atoms with Crippen molar-refractivity contribution in [3.05, 3.63) is 12.2 Å². The SMILES string of the molecule is O=C([C@@H]1[C@@H]2C=C[C@@]3(CN(CCN4CCCCC4)C(=O)[C@@H]13)O2)N1CC(O)C1. The van der Waals surface area contributed by atoms with Gasteiger partial charge in [-0.15, -0.1) is 0 Å². The average Bonchev–Trinajstić information content (AvgIpc) is 3.26. The van der Waals surface area contributed by atoms with Crippen LogP contribution in [0.25, 0.3) is 0 Å². The minimum absolute atomic E-state index is 0.0391. The first-order chi connectivity index (χ1) is 12.6. The predicted octanol–water partition coefficient (Wildman–Crippen LogP) is -0.543. The fourth-order valence-corrected chi connectivity index (χ4v) is 5.34. The van der Waals surface area contributed by atoms with Crippen LogP contribution in [0.3, 0.4) is 0 Å². The first-order valence-electron chi connectivity index (χ1n) is 9.93. The number of aliphatic hydroxyl groups is 1. The average molecular weight is 361 g/mol. The maximum Gasteiger partial charge on any atom is 0.230 e. The first kappa shape index (κ1) is 16.7. The third-order valence-corrected chi connectivity index (χ3v) is 6.77. The zero-order valence-corrected chi connectivity index (χ0v) is 15.0. The number of hydrogen-bond acceptors (Lipinski definition) is 5. The zero-order chi connectivity index (χ0) is 17.9. The molecular formula is C19H27N3O4. The van der Waals surface area contributed by atoms with E-state index >= 15 is 0 Å². The minimum Gasteiger partial charge on any atom is -0.389 e. The Bertz CT molecular complexity index is 641. The van der Waals surface area contributed by atoms with Gasteiger partial charge in [0.25, 0.3) is 0 Å². The second kappa shape index (κ2) is 6.04. The molecule has 0 aromatic heterocycles. The summed E-state index contributed by atoms with van der Waals surface area (Å²) in [5, 5.41) is 9.50.